The second kappa shape index (κ2) is 7.48. The van der Waals surface area contributed by atoms with Crippen molar-refractivity contribution < 1.29 is 0 Å². The zero-order valence-electron chi connectivity index (χ0n) is 21.0. The number of anilines is 1. The molecule has 0 saturated carbocycles. The standard InChI is InChI=1S/C34H30N2/c1-21-12-17-33-28(18-21)26-9-5-7-11-32(26)36(33)23-14-16-31(35)27(20-23)22-13-15-25-24-8-4-6-10-29(24)34(2,3)30(25)19-22/h4-17,19-21H,18,35H2,1-3H3. The molecule has 1 heterocycles. The molecule has 0 amide bonds. The van der Waals surface area contributed by atoms with Crippen LogP contribution in [-0.2, 0) is 11.8 Å². The molecule has 4 aromatic carbocycles. The number of nitrogens with zero attached hydrogens (tertiary/aromatic N) is 1. The van der Waals surface area contributed by atoms with Crippen LogP contribution in [-0.4, -0.2) is 4.57 Å². The van der Waals surface area contributed by atoms with E-state index in [2.05, 4.69) is 122 Å². The smallest absolute Gasteiger partial charge is 0.0537 e. The summed E-state index contributed by atoms with van der Waals surface area (Å²) in [5.41, 5.74) is 20.2. The van der Waals surface area contributed by atoms with Gasteiger partial charge in [0, 0.05) is 33.4 Å². The van der Waals surface area contributed by atoms with Crippen LogP contribution in [0, 0.1) is 5.92 Å². The predicted molar refractivity (Wildman–Crippen MR) is 153 cm³/mol. The van der Waals surface area contributed by atoms with Gasteiger partial charge in [-0.1, -0.05) is 81.4 Å². The van der Waals surface area contributed by atoms with Gasteiger partial charge in [-0.3, -0.25) is 0 Å². The van der Waals surface area contributed by atoms with Crippen molar-refractivity contribution in [3.63, 3.8) is 0 Å². The van der Waals surface area contributed by atoms with Gasteiger partial charge in [-0.15, -0.1) is 0 Å². The quantitative estimate of drug-likeness (QED) is 0.260. The van der Waals surface area contributed by atoms with Crippen molar-refractivity contribution >= 4 is 22.7 Å². The molecule has 7 rings (SSSR count). The first-order valence-electron chi connectivity index (χ1n) is 12.9. The highest BCUT2D eigenvalue weighted by Crippen LogP contribution is 2.50. The molecule has 0 aliphatic heterocycles. The van der Waals surface area contributed by atoms with E-state index in [0.29, 0.717) is 5.92 Å². The van der Waals surface area contributed by atoms with Gasteiger partial charge in [0.15, 0.2) is 0 Å². The summed E-state index contributed by atoms with van der Waals surface area (Å²) in [6.07, 6.45) is 5.70. The van der Waals surface area contributed by atoms with Crippen LogP contribution < -0.4 is 5.73 Å². The van der Waals surface area contributed by atoms with Gasteiger partial charge >= 0.3 is 0 Å². The minimum absolute atomic E-state index is 0.0362. The molecule has 176 valence electrons. The topological polar surface area (TPSA) is 30.9 Å². The summed E-state index contributed by atoms with van der Waals surface area (Å²) in [5, 5.41) is 1.35. The Morgan fingerprint density at radius 3 is 2.47 bits per heavy atom. The van der Waals surface area contributed by atoms with Crippen LogP contribution in [0.2, 0.25) is 0 Å². The molecule has 0 saturated heterocycles. The Kier molecular flexibility index (Phi) is 4.42. The number of fused-ring (bicyclic) bond motifs is 6. The summed E-state index contributed by atoms with van der Waals surface area (Å²) in [6, 6.07) is 30.9. The van der Waals surface area contributed by atoms with Crippen LogP contribution in [0.5, 0.6) is 0 Å². The number of rotatable bonds is 2. The summed E-state index contributed by atoms with van der Waals surface area (Å²) >= 11 is 0. The van der Waals surface area contributed by atoms with E-state index in [-0.39, 0.29) is 5.41 Å². The summed E-state index contributed by atoms with van der Waals surface area (Å²) in [7, 11) is 0. The van der Waals surface area contributed by atoms with E-state index in [1.54, 1.807) is 0 Å². The maximum absolute atomic E-state index is 6.62. The number of hydrogen-bond acceptors (Lipinski definition) is 1. The van der Waals surface area contributed by atoms with Crippen LogP contribution in [0.25, 0.3) is 44.9 Å². The molecular weight excluding hydrogens is 436 g/mol. The third-order valence-electron chi connectivity index (χ3n) is 8.32. The van der Waals surface area contributed by atoms with E-state index in [1.807, 2.05) is 0 Å². The lowest BCUT2D eigenvalue weighted by molar-refractivity contribution is 0.660. The maximum atomic E-state index is 6.62. The van der Waals surface area contributed by atoms with E-state index >= 15 is 0 Å². The molecule has 2 aliphatic carbocycles. The van der Waals surface area contributed by atoms with Crippen LogP contribution >= 0.6 is 0 Å². The first-order valence-corrected chi connectivity index (χ1v) is 12.9. The first-order chi connectivity index (χ1) is 17.4. The van der Waals surface area contributed by atoms with Crippen molar-refractivity contribution in [1.29, 1.82) is 0 Å². The fourth-order valence-corrected chi connectivity index (χ4v) is 6.44. The van der Waals surface area contributed by atoms with Crippen molar-refractivity contribution in [1.82, 2.24) is 4.57 Å². The Bertz CT molecular complexity index is 1710. The van der Waals surface area contributed by atoms with Crippen LogP contribution in [0.3, 0.4) is 0 Å². The number of allylic oxidation sites excluding steroid dienone is 1. The highest BCUT2D eigenvalue weighted by Gasteiger charge is 2.35. The number of aromatic nitrogens is 1. The van der Waals surface area contributed by atoms with Gasteiger partial charge in [-0.2, -0.15) is 0 Å². The average Bonchev–Trinajstić information content (AvgIpc) is 3.33. The molecule has 1 unspecified atom stereocenters. The fraction of sp³-hybridized carbons (Fsp3) is 0.176. The molecule has 0 fully saturated rings. The van der Waals surface area contributed by atoms with Gasteiger partial charge in [0.05, 0.1) is 5.52 Å². The van der Waals surface area contributed by atoms with Crippen molar-refractivity contribution in [3.8, 4) is 27.9 Å². The van der Waals surface area contributed by atoms with Crippen LogP contribution in [0.1, 0.15) is 43.2 Å². The van der Waals surface area contributed by atoms with Gasteiger partial charge in [0.1, 0.15) is 0 Å². The van der Waals surface area contributed by atoms with E-state index < -0.39 is 0 Å². The van der Waals surface area contributed by atoms with E-state index in [9.17, 15) is 0 Å². The SMILES string of the molecule is CC1C=Cc2c(c3ccccc3n2-c2ccc(N)c(-c3ccc4c(c3)C(C)(C)c3ccccc3-4)c2)C1. The molecule has 2 aliphatic rings. The molecule has 1 atom stereocenters. The number of para-hydroxylation sites is 1. The Morgan fingerprint density at radius 1 is 0.806 bits per heavy atom. The molecule has 0 spiro atoms. The lowest BCUT2D eigenvalue weighted by atomic mass is 9.81. The number of benzene rings is 4. The Hall–Kier alpha value is -4.04. The summed E-state index contributed by atoms with van der Waals surface area (Å²) in [5.74, 6) is 0.553. The van der Waals surface area contributed by atoms with Gasteiger partial charge in [0.25, 0.3) is 0 Å². The molecule has 5 aromatic rings. The molecule has 1 aromatic heterocycles. The lowest BCUT2D eigenvalue weighted by Gasteiger charge is -2.22. The number of nitrogens with two attached hydrogens (primary N) is 1. The zero-order valence-corrected chi connectivity index (χ0v) is 21.0. The molecule has 36 heavy (non-hydrogen) atoms. The summed E-state index contributed by atoms with van der Waals surface area (Å²) in [4.78, 5) is 0. The summed E-state index contributed by atoms with van der Waals surface area (Å²) in [6.45, 7) is 6.94. The van der Waals surface area contributed by atoms with Crippen molar-refractivity contribution in [2.75, 3.05) is 5.73 Å². The van der Waals surface area contributed by atoms with Gasteiger partial charge in [0.2, 0.25) is 0 Å². The van der Waals surface area contributed by atoms with Crippen molar-refractivity contribution in [2.24, 2.45) is 5.92 Å². The first kappa shape index (κ1) is 21.3. The molecule has 2 heteroatoms. The van der Waals surface area contributed by atoms with Gasteiger partial charge in [-0.25, -0.2) is 0 Å². The highest BCUT2D eigenvalue weighted by molar-refractivity contribution is 5.92. The average molecular weight is 467 g/mol. The largest absolute Gasteiger partial charge is 0.398 e. The Balaban J connectivity index is 1.41. The monoisotopic (exact) mass is 466 g/mol. The lowest BCUT2D eigenvalue weighted by Crippen LogP contribution is -2.14. The predicted octanol–water partition coefficient (Wildman–Crippen LogP) is 8.39. The molecule has 2 N–H and O–H groups in total. The molecule has 2 nitrogen and oxygen atoms in total. The van der Waals surface area contributed by atoms with E-state index in [0.717, 1.165) is 23.4 Å². The minimum Gasteiger partial charge on any atom is -0.398 e. The van der Waals surface area contributed by atoms with E-state index in [4.69, 9.17) is 5.73 Å². The highest BCUT2D eigenvalue weighted by atomic mass is 15.0. The minimum atomic E-state index is -0.0362. The number of hydrogen-bond donors (Lipinski definition) is 1. The molecule has 0 bridgehead atoms. The maximum Gasteiger partial charge on any atom is 0.0537 e. The van der Waals surface area contributed by atoms with Crippen LogP contribution in [0.15, 0.2) is 91.0 Å². The second-order valence-electron chi connectivity index (χ2n) is 11.0. The van der Waals surface area contributed by atoms with Gasteiger partial charge in [-0.05, 0) is 82.1 Å². The molecule has 0 radical (unpaired) electrons. The van der Waals surface area contributed by atoms with E-state index in [1.165, 1.54) is 50.0 Å². The third-order valence-corrected chi connectivity index (χ3v) is 8.32. The Morgan fingerprint density at radius 2 is 1.58 bits per heavy atom. The third kappa shape index (κ3) is 2.91. The zero-order chi connectivity index (χ0) is 24.6. The normalized spacial score (nSPS) is 17.1. The number of nitrogen functional groups attached to an aromatic ring is 1. The molecular formula is C34H30N2. The second-order valence-corrected chi connectivity index (χ2v) is 11.0. The van der Waals surface area contributed by atoms with Crippen LogP contribution in [0.4, 0.5) is 5.69 Å². The van der Waals surface area contributed by atoms with Gasteiger partial charge < -0.3 is 10.3 Å². The Labute approximate surface area is 212 Å². The van der Waals surface area contributed by atoms with Crippen molar-refractivity contribution in [3.05, 3.63) is 113 Å². The fourth-order valence-electron chi connectivity index (χ4n) is 6.44. The summed E-state index contributed by atoms with van der Waals surface area (Å²) < 4.78 is 2.41. The van der Waals surface area contributed by atoms with Crippen molar-refractivity contribution in [2.45, 2.75) is 32.6 Å².